The summed E-state index contributed by atoms with van der Waals surface area (Å²) in [7, 11) is -4.53. The van der Waals surface area contributed by atoms with Crippen molar-refractivity contribution in [2.45, 2.75) is 50.9 Å². The number of aryl methyl sites for hydroxylation is 1. The maximum Gasteiger partial charge on any atom is 0.416 e. The number of benzene rings is 3. The van der Waals surface area contributed by atoms with Crippen LogP contribution in [0.2, 0.25) is 0 Å². The summed E-state index contributed by atoms with van der Waals surface area (Å²) >= 11 is 0. The minimum Gasteiger partial charge on any atom is -0.355 e. The van der Waals surface area contributed by atoms with Gasteiger partial charge >= 0.3 is 6.18 Å². The van der Waals surface area contributed by atoms with Crippen LogP contribution in [-0.2, 0) is 32.3 Å². The summed E-state index contributed by atoms with van der Waals surface area (Å²) in [6.07, 6.45) is -4.60. The molecule has 0 radical (unpaired) electrons. The Bertz CT molecular complexity index is 1460. The lowest BCUT2D eigenvalue weighted by Gasteiger charge is -2.33. The number of hydrogen-bond donors (Lipinski definition) is 1. The fourth-order valence-electron chi connectivity index (χ4n) is 4.20. The Kier molecular flexibility index (Phi) is 10.1. The molecule has 0 saturated carbocycles. The first kappa shape index (κ1) is 31.6. The topological polar surface area (TPSA) is 86.8 Å². The van der Waals surface area contributed by atoms with Gasteiger partial charge < -0.3 is 10.2 Å². The predicted octanol–water partition coefficient (Wildman–Crippen LogP) is 5.29. The van der Waals surface area contributed by atoms with Gasteiger partial charge in [-0.3, -0.25) is 13.9 Å². The minimum absolute atomic E-state index is 0.160. The molecular weight excluding hydrogens is 562 g/mol. The summed E-state index contributed by atoms with van der Waals surface area (Å²) in [5.41, 5.74) is -0.247. The van der Waals surface area contributed by atoms with Crippen molar-refractivity contribution >= 4 is 27.5 Å². The Balaban J connectivity index is 2.11. The number of nitrogens with one attached hydrogen (secondary N) is 1. The summed E-state index contributed by atoms with van der Waals surface area (Å²) in [5, 5.41) is 2.65. The van der Waals surface area contributed by atoms with Gasteiger partial charge in [0.25, 0.3) is 10.0 Å². The van der Waals surface area contributed by atoms with E-state index in [4.69, 9.17) is 0 Å². The molecule has 3 aromatic rings. The van der Waals surface area contributed by atoms with E-state index in [0.29, 0.717) is 15.9 Å². The zero-order chi connectivity index (χ0) is 30.4. The number of nitrogens with zero attached hydrogens (tertiary/aromatic N) is 2. The number of anilines is 1. The summed E-state index contributed by atoms with van der Waals surface area (Å²) < 4.78 is 82.4. The molecule has 0 fully saturated rings. The first-order chi connectivity index (χ1) is 19.3. The molecule has 0 heterocycles. The lowest BCUT2D eigenvalue weighted by Crippen LogP contribution is -2.52. The third-order valence-electron chi connectivity index (χ3n) is 6.35. The van der Waals surface area contributed by atoms with Crippen LogP contribution in [0.3, 0.4) is 0 Å². The number of rotatable bonds is 11. The van der Waals surface area contributed by atoms with Crippen LogP contribution in [0.15, 0.2) is 77.7 Å². The Morgan fingerprint density at radius 3 is 2.15 bits per heavy atom. The molecule has 0 aromatic heterocycles. The second kappa shape index (κ2) is 13.2. The van der Waals surface area contributed by atoms with Crippen LogP contribution in [0.25, 0.3) is 0 Å². The van der Waals surface area contributed by atoms with Gasteiger partial charge in [0.05, 0.1) is 16.1 Å². The van der Waals surface area contributed by atoms with E-state index in [1.54, 1.807) is 20.8 Å². The monoisotopic (exact) mass is 593 g/mol. The molecule has 1 N–H and O–H groups in total. The van der Waals surface area contributed by atoms with Crippen molar-refractivity contribution in [3.8, 4) is 0 Å². The third-order valence-corrected chi connectivity index (χ3v) is 8.14. The molecular formula is C29H31F4N3O4S. The largest absolute Gasteiger partial charge is 0.416 e. The average Bonchev–Trinajstić information content (AvgIpc) is 2.92. The van der Waals surface area contributed by atoms with Gasteiger partial charge in [0.1, 0.15) is 18.4 Å². The van der Waals surface area contributed by atoms with Crippen molar-refractivity contribution in [1.82, 2.24) is 10.2 Å². The quantitative estimate of drug-likeness (QED) is 0.306. The Morgan fingerprint density at radius 1 is 0.951 bits per heavy atom. The molecule has 0 bridgehead atoms. The van der Waals surface area contributed by atoms with E-state index in [-0.39, 0.29) is 30.1 Å². The van der Waals surface area contributed by atoms with E-state index in [2.05, 4.69) is 5.32 Å². The van der Waals surface area contributed by atoms with Gasteiger partial charge in [0.2, 0.25) is 11.8 Å². The highest BCUT2D eigenvalue weighted by atomic mass is 32.2. The van der Waals surface area contributed by atoms with Crippen molar-refractivity contribution in [3.63, 3.8) is 0 Å². The van der Waals surface area contributed by atoms with Crippen molar-refractivity contribution < 1.29 is 35.6 Å². The first-order valence-corrected chi connectivity index (χ1v) is 14.3. The van der Waals surface area contributed by atoms with Crippen LogP contribution < -0.4 is 9.62 Å². The molecule has 0 spiro atoms. The second-order valence-electron chi connectivity index (χ2n) is 9.34. The van der Waals surface area contributed by atoms with Crippen molar-refractivity contribution in [2.75, 3.05) is 17.4 Å². The second-order valence-corrected chi connectivity index (χ2v) is 11.2. The van der Waals surface area contributed by atoms with Gasteiger partial charge in [-0.25, -0.2) is 12.8 Å². The highest BCUT2D eigenvalue weighted by Crippen LogP contribution is 2.33. The van der Waals surface area contributed by atoms with Crippen molar-refractivity contribution in [1.29, 1.82) is 0 Å². The van der Waals surface area contributed by atoms with Gasteiger partial charge in [-0.2, -0.15) is 13.2 Å². The summed E-state index contributed by atoms with van der Waals surface area (Å²) in [6, 6.07) is 13.5. The van der Waals surface area contributed by atoms with Gasteiger partial charge in [-0.15, -0.1) is 0 Å². The van der Waals surface area contributed by atoms with Crippen LogP contribution >= 0.6 is 0 Å². The van der Waals surface area contributed by atoms with Crippen molar-refractivity contribution in [3.05, 3.63) is 95.3 Å². The molecule has 1 atom stereocenters. The van der Waals surface area contributed by atoms with Gasteiger partial charge in [0, 0.05) is 13.1 Å². The molecule has 3 aromatic carbocycles. The predicted molar refractivity (Wildman–Crippen MR) is 147 cm³/mol. The third kappa shape index (κ3) is 7.84. The Labute approximate surface area is 236 Å². The molecule has 12 heteroatoms. The van der Waals surface area contributed by atoms with E-state index in [1.807, 2.05) is 0 Å². The first-order valence-electron chi connectivity index (χ1n) is 12.9. The Morgan fingerprint density at radius 2 is 1.59 bits per heavy atom. The SMILES string of the molecule is CCNC(=O)C(CC)N(Cc1ccc(F)cc1)C(=O)CN(c1cccc(C(F)(F)F)c1)S(=O)(=O)c1ccc(C)cc1. The van der Waals surface area contributed by atoms with Crippen LogP contribution in [-0.4, -0.2) is 44.3 Å². The number of alkyl halides is 3. The Hall–Kier alpha value is -3.93. The zero-order valence-electron chi connectivity index (χ0n) is 22.8. The molecule has 0 aliphatic carbocycles. The van der Waals surface area contributed by atoms with E-state index in [0.717, 1.165) is 22.6 Å². The van der Waals surface area contributed by atoms with Crippen LogP contribution in [0, 0.1) is 12.7 Å². The summed E-state index contributed by atoms with van der Waals surface area (Å²) in [6.45, 7) is 4.30. The summed E-state index contributed by atoms with van der Waals surface area (Å²) in [5.74, 6) is -1.83. The number of sulfonamides is 1. The molecule has 7 nitrogen and oxygen atoms in total. The normalized spacial score (nSPS) is 12.5. The van der Waals surface area contributed by atoms with E-state index >= 15 is 0 Å². The minimum atomic E-state index is -4.76. The maximum absolute atomic E-state index is 13.9. The number of halogens is 4. The van der Waals surface area contributed by atoms with Gasteiger partial charge in [0.15, 0.2) is 0 Å². The van der Waals surface area contributed by atoms with Crippen molar-refractivity contribution in [2.24, 2.45) is 0 Å². The number of carbonyl (C=O) groups is 2. The molecule has 2 amide bonds. The lowest BCUT2D eigenvalue weighted by molar-refractivity contribution is -0.140. The van der Waals surface area contributed by atoms with E-state index < -0.39 is 52.0 Å². The van der Waals surface area contributed by atoms with Crippen LogP contribution in [0.4, 0.5) is 23.2 Å². The number of likely N-dealkylation sites (N-methyl/N-ethyl adjacent to an activating group) is 1. The van der Waals surface area contributed by atoms with Crippen LogP contribution in [0.1, 0.15) is 37.0 Å². The lowest BCUT2D eigenvalue weighted by atomic mass is 10.1. The molecule has 1 unspecified atom stereocenters. The average molecular weight is 594 g/mol. The molecule has 220 valence electrons. The van der Waals surface area contributed by atoms with E-state index in [9.17, 15) is 35.6 Å². The molecule has 0 saturated heterocycles. The maximum atomic E-state index is 13.9. The molecule has 3 rings (SSSR count). The highest BCUT2D eigenvalue weighted by Gasteiger charge is 2.35. The fraction of sp³-hybridized carbons (Fsp3) is 0.310. The molecule has 0 aliphatic heterocycles. The molecule has 0 aliphatic rings. The van der Waals surface area contributed by atoms with Gasteiger partial charge in [-0.05, 0) is 68.3 Å². The molecule has 41 heavy (non-hydrogen) atoms. The number of hydrogen-bond acceptors (Lipinski definition) is 4. The van der Waals surface area contributed by atoms with Gasteiger partial charge in [-0.1, -0.05) is 42.8 Å². The highest BCUT2D eigenvalue weighted by molar-refractivity contribution is 7.92. The fourth-order valence-corrected chi connectivity index (χ4v) is 5.61. The zero-order valence-corrected chi connectivity index (χ0v) is 23.6. The number of amides is 2. The van der Waals surface area contributed by atoms with Crippen LogP contribution in [0.5, 0.6) is 0 Å². The smallest absolute Gasteiger partial charge is 0.355 e. The summed E-state index contributed by atoms with van der Waals surface area (Å²) in [4.78, 5) is 27.7. The standard InChI is InChI=1S/C29H31F4N3O4S/c1-4-26(28(38)34-5-2)35(18-21-11-13-23(30)14-12-21)27(37)19-36(24-8-6-7-22(17-24)29(31,32)33)41(39,40)25-15-9-20(3)10-16-25/h6-17,26H,4-5,18-19H2,1-3H3,(H,34,38). The number of carbonyl (C=O) groups excluding carboxylic acids is 2. The van der Waals surface area contributed by atoms with E-state index in [1.165, 1.54) is 54.6 Å².